The lowest BCUT2D eigenvalue weighted by atomic mass is 9.89. The largest absolute Gasteiger partial charge is 0.435 e. The number of fused-ring (bicyclic) bond motifs is 1. The molecular weight excluding hydrogens is 524 g/mol. The minimum absolute atomic E-state index is 0.0673. The number of nitrogens with zero attached hydrogens (tertiary/aromatic N) is 3. The summed E-state index contributed by atoms with van der Waals surface area (Å²) in [5.74, 6) is -0.187. The van der Waals surface area contributed by atoms with Crippen LogP contribution in [-0.2, 0) is 30.1 Å². The average Bonchev–Trinajstić information content (AvgIpc) is 3.55. The van der Waals surface area contributed by atoms with Crippen molar-refractivity contribution in [2.75, 3.05) is 0 Å². The molecule has 182 valence electrons. The molecule has 1 unspecified atom stereocenters. The number of oxime groups is 1. The molecule has 1 amide bonds. The quantitative estimate of drug-likeness (QED) is 0.448. The molecule has 0 saturated carbocycles. The molecular formula is C23H17Cl2F3N4O2S. The van der Waals surface area contributed by atoms with Crippen LogP contribution in [0.3, 0.4) is 0 Å². The average molecular weight is 541 g/mol. The summed E-state index contributed by atoms with van der Waals surface area (Å²) >= 11 is 13.5. The van der Waals surface area contributed by atoms with Crippen LogP contribution in [-0.4, -0.2) is 27.8 Å². The van der Waals surface area contributed by atoms with Crippen molar-refractivity contribution < 1.29 is 22.8 Å². The molecule has 35 heavy (non-hydrogen) atoms. The Morgan fingerprint density at radius 3 is 2.60 bits per heavy atom. The molecule has 0 saturated heterocycles. The summed E-state index contributed by atoms with van der Waals surface area (Å²) in [6, 6.07) is 9.20. The first kappa shape index (κ1) is 23.9. The zero-order valence-corrected chi connectivity index (χ0v) is 20.2. The van der Waals surface area contributed by atoms with E-state index < -0.39 is 18.2 Å². The Labute approximate surface area is 212 Å². The number of carbonyl (C=O) groups is 1. The zero-order chi connectivity index (χ0) is 24.8. The van der Waals surface area contributed by atoms with E-state index >= 15 is 0 Å². The molecule has 6 nitrogen and oxygen atoms in total. The lowest BCUT2D eigenvalue weighted by Gasteiger charge is -2.30. The maximum Gasteiger partial charge on any atom is 0.435 e. The normalized spacial score (nSPS) is 19.3. The second-order valence-corrected chi connectivity index (χ2v) is 10.1. The van der Waals surface area contributed by atoms with Crippen LogP contribution < -0.4 is 5.32 Å². The van der Waals surface area contributed by atoms with Gasteiger partial charge >= 0.3 is 6.18 Å². The van der Waals surface area contributed by atoms with Gasteiger partial charge in [-0.1, -0.05) is 34.4 Å². The molecule has 4 heterocycles. The highest BCUT2D eigenvalue weighted by Gasteiger charge is 2.63. The van der Waals surface area contributed by atoms with Crippen LogP contribution >= 0.6 is 34.5 Å². The highest BCUT2D eigenvalue weighted by molar-refractivity contribution is 7.09. The fourth-order valence-corrected chi connectivity index (χ4v) is 5.28. The predicted octanol–water partition coefficient (Wildman–Crippen LogP) is 5.89. The van der Waals surface area contributed by atoms with E-state index in [-0.39, 0.29) is 39.6 Å². The Morgan fingerprint density at radius 2 is 1.91 bits per heavy atom. The van der Waals surface area contributed by atoms with Gasteiger partial charge in [0.25, 0.3) is 11.5 Å². The number of aromatic nitrogens is 1. The summed E-state index contributed by atoms with van der Waals surface area (Å²) in [5.41, 5.74) is -1.08. The number of pyridine rings is 1. The van der Waals surface area contributed by atoms with Crippen LogP contribution in [0.15, 0.2) is 53.1 Å². The summed E-state index contributed by atoms with van der Waals surface area (Å²) in [5, 5.41) is 8.69. The van der Waals surface area contributed by atoms with Crippen molar-refractivity contribution in [2.24, 2.45) is 5.16 Å². The number of nitrogens with one attached hydrogen (secondary N) is 1. The molecule has 0 spiro atoms. The maximum atomic E-state index is 14.2. The van der Waals surface area contributed by atoms with Crippen LogP contribution in [0.5, 0.6) is 0 Å². The molecule has 12 heteroatoms. The summed E-state index contributed by atoms with van der Waals surface area (Å²) in [6.07, 6.45) is -3.74. The molecule has 1 N–H and O–H groups in total. The summed E-state index contributed by atoms with van der Waals surface area (Å²) in [4.78, 5) is 24.5. The number of thiophene rings is 1. The van der Waals surface area contributed by atoms with Gasteiger partial charge in [0.2, 0.25) is 0 Å². The topological polar surface area (TPSA) is 66.8 Å². The third kappa shape index (κ3) is 4.57. The van der Waals surface area contributed by atoms with Crippen LogP contribution in [0, 0.1) is 0 Å². The van der Waals surface area contributed by atoms with Crippen molar-refractivity contribution >= 4 is 46.3 Å². The fourth-order valence-electron chi connectivity index (χ4n) is 4.10. The van der Waals surface area contributed by atoms with Crippen LogP contribution in [0.2, 0.25) is 10.0 Å². The van der Waals surface area contributed by atoms with Gasteiger partial charge in [0, 0.05) is 39.8 Å². The Balaban J connectivity index is 1.32. The van der Waals surface area contributed by atoms with Gasteiger partial charge in [-0.3, -0.25) is 9.78 Å². The van der Waals surface area contributed by atoms with E-state index in [4.69, 9.17) is 28.0 Å². The molecule has 2 aliphatic heterocycles. The maximum absolute atomic E-state index is 14.2. The van der Waals surface area contributed by atoms with E-state index in [1.807, 2.05) is 17.5 Å². The number of amidine groups is 1. The SMILES string of the molecule is O=C(NCc1cccs1)c1cc2c(cn1)CN(C1=NOC(c3cc(Cl)cc(Cl)c3)(C(F)(F)F)C1)C2. The van der Waals surface area contributed by atoms with Gasteiger partial charge in [-0.15, -0.1) is 11.3 Å². The summed E-state index contributed by atoms with van der Waals surface area (Å²) in [6.45, 7) is 0.962. The van der Waals surface area contributed by atoms with Crippen molar-refractivity contribution in [3.05, 3.63) is 85.3 Å². The van der Waals surface area contributed by atoms with Gasteiger partial charge in [0.1, 0.15) is 11.5 Å². The van der Waals surface area contributed by atoms with E-state index in [1.165, 1.54) is 29.5 Å². The summed E-state index contributed by atoms with van der Waals surface area (Å²) in [7, 11) is 0. The van der Waals surface area contributed by atoms with Crippen molar-refractivity contribution in [1.29, 1.82) is 0 Å². The first-order valence-corrected chi connectivity index (χ1v) is 12.1. The number of halogens is 5. The third-order valence-corrected chi connectivity index (χ3v) is 7.22. The van der Waals surface area contributed by atoms with Crippen molar-refractivity contribution in [3.8, 4) is 0 Å². The third-order valence-electron chi connectivity index (χ3n) is 5.91. The molecule has 1 aromatic carbocycles. The molecule has 0 bridgehead atoms. The summed E-state index contributed by atoms with van der Waals surface area (Å²) < 4.78 is 42.7. The van der Waals surface area contributed by atoms with Crippen LogP contribution in [0.4, 0.5) is 13.2 Å². The number of alkyl halides is 3. The minimum Gasteiger partial charge on any atom is -0.372 e. The highest BCUT2D eigenvalue weighted by Crippen LogP contribution is 2.49. The zero-order valence-electron chi connectivity index (χ0n) is 17.9. The van der Waals surface area contributed by atoms with Gasteiger partial charge in [-0.2, -0.15) is 13.2 Å². The minimum atomic E-state index is -4.77. The Hall–Kier alpha value is -2.82. The van der Waals surface area contributed by atoms with Crippen LogP contribution in [0.1, 0.15) is 38.5 Å². The van der Waals surface area contributed by atoms with Crippen molar-refractivity contribution in [1.82, 2.24) is 15.2 Å². The molecule has 5 rings (SSSR count). The standard InChI is InChI=1S/C23H17Cl2F3N4O2S/c24-16-5-15(6-17(25)7-16)22(23(26,27)28)8-20(31-34-22)32-11-13-4-19(29-9-14(13)12-32)21(33)30-10-18-2-1-3-35-18/h1-7,9H,8,10-12H2,(H,30,33). The Bertz CT molecular complexity index is 1300. The Kier molecular flexibility index (Phi) is 6.14. The smallest absolute Gasteiger partial charge is 0.372 e. The van der Waals surface area contributed by atoms with Gasteiger partial charge in [-0.25, -0.2) is 0 Å². The second kappa shape index (κ2) is 9.00. The number of carbonyl (C=O) groups excluding carboxylic acids is 1. The molecule has 0 aliphatic carbocycles. The van der Waals surface area contributed by atoms with E-state index in [0.717, 1.165) is 16.0 Å². The number of hydrogen-bond acceptors (Lipinski definition) is 6. The molecule has 1 atom stereocenters. The molecule has 2 aromatic heterocycles. The predicted molar refractivity (Wildman–Crippen MR) is 126 cm³/mol. The van der Waals surface area contributed by atoms with Gasteiger partial charge < -0.3 is 15.1 Å². The molecule has 2 aliphatic rings. The highest BCUT2D eigenvalue weighted by atomic mass is 35.5. The van der Waals surface area contributed by atoms with E-state index in [2.05, 4.69) is 15.5 Å². The fraction of sp³-hybridized carbons (Fsp3) is 0.261. The van der Waals surface area contributed by atoms with Gasteiger partial charge in [-0.05, 0) is 46.8 Å². The first-order valence-electron chi connectivity index (χ1n) is 10.5. The van der Waals surface area contributed by atoms with E-state index in [1.54, 1.807) is 17.2 Å². The molecule has 3 aromatic rings. The van der Waals surface area contributed by atoms with Gasteiger partial charge in [0.05, 0.1) is 13.0 Å². The van der Waals surface area contributed by atoms with E-state index in [0.29, 0.717) is 13.1 Å². The van der Waals surface area contributed by atoms with Gasteiger partial charge in [0.15, 0.2) is 0 Å². The number of benzene rings is 1. The second-order valence-electron chi connectivity index (χ2n) is 8.21. The lowest BCUT2D eigenvalue weighted by molar-refractivity contribution is -0.275. The van der Waals surface area contributed by atoms with E-state index in [9.17, 15) is 18.0 Å². The first-order chi connectivity index (χ1) is 16.6. The van der Waals surface area contributed by atoms with Crippen molar-refractivity contribution in [3.63, 3.8) is 0 Å². The van der Waals surface area contributed by atoms with Crippen LogP contribution in [0.25, 0.3) is 0 Å². The molecule has 0 fully saturated rings. The Morgan fingerprint density at radius 1 is 1.17 bits per heavy atom. The number of rotatable bonds is 4. The molecule has 0 radical (unpaired) electrons. The number of amides is 1. The lowest BCUT2D eigenvalue weighted by Crippen LogP contribution is -2.43. The number of hydrogen-bond donors (Lipinski definition) is 1. The van der Waals surface area contributed by atoms with Crippen molar-refractivity contribution in [2.45, 2.75) is 37.8 Å². The monoisotopic (exact) mass is 540 g/mol.